The second kappa shape index (κ2) is 5.27. The lowest BCUT2D eigenvalue weighted by molar-refractivity contribution is -0.0652. The van der Waals surface area contributed by atoms with Crippen molar-refractivity contribution in [1.29, 1.82) is 0 Å². The zero-order valence-electron chi connectivity index (χ0n) is 11.4. The number of hydrogen-bond donors (Lipinski definition) is 2. The zero-order chi connectivity index (χ0) is 13.2. The maximum Gasteiger partial charge on any atom is 0.126 e. The molecule has 18 heavy (non-hydrogen) atoms. The third-order valence-corrected chi connectivity index (χ3v) is 4.29. The van der Waals surface area contributed by atoms with E-state index in [-0.39, 0.29) is 0 Å². The number of rotatable bonds is 3. The summed E-state index contributed by atoms with van der Waals surface area (Å²) >= 11 is 0. The third kappa shape index (κ3) is 2.66. The highest BCUT2D eigenvalue weighted by atomic mass is 16.3. The van der Waals surface area contributed by atoms with Crippen molar-refractivity contribution in [1.82, 2.24) is 4.98 Å². The van der Waals surface area contributed by atoms with E-state index < -0.39 is 5.60 Å². The summed E-state index contributed by atoms with van der Waals surface area (Å²) in [6.45, 7) is 4.40. The van der Waals surface area contributed by atoms with E-state index in [9.17, 15) is 5.11 Å². The Kier molecular flexibility index (Phi) is 3.91. The molecule has 0 saturated heterocycles. The van der Waals surface area contributed by atoms with Crippen molar-refractivity contribution >= 4 is 5.82 Å². The summed E-state index contributed by atoms with van der Waals surface area (Å²) in [4.78, 5) is 4.11. The van der Waals surface area contributed by atoms with Crippen molar-refractivity contribution in [3.8, 4) is 0 Å². The Morgan fingerprint density at radius 1 is 1.50 bits per heavy atom. The van der Waals surface area contributed by atoms with Crippen LogP contribution in [-0.2, 0) is 6.42 Å². The number of pyridine rings is 1. The van der Waals surface area contributed by atoms with E-state index in [0.29, 0.717) is 24.1 Å². The molecular weight excluding hydrogens is 224 g/mol. The van der Waals surface area contributed by atoms with Gasteiger partial charge >= 0.3 is 0 Å². The van der Waals surface area contributed by atoms with Gasteiger partial charge in [-0.05, 0) is 36.3 Å². The van der Waals surface area contributed by atoms with Gasteiger partial charge in [-0.1, -0.05) is 32.8 Å². The van der Waals surface area contributed by atoms with Gasteiger partial charge in [-0.2, -0.15) is 0 Å². The van der Waals surface area contributed by atoms with Crippen molar-refractivity contribution < 1.29 is 5.11 Å². The third-order valence-electron chi connectivity index (χ3n) is 4.29. The Morgan fingerprint density at radius 3 is 2.94 bits per heavy atom. The summed E-state index contributed by atoms with van der Waals surface area (Å²) in [5.41, 5.74) is 6.27. The highest BCUT2D eigenvalue weighted by molar-refractivity contribution is 5.39. The van der Waals surface area contributed by atoms with Gasteiger partial charge in [0.2, 0.25) is 0 Å². The summed E-state index contributed by atoms with van der Waals surface area (Å²) in [7, 11) is 0. The van der Waals surface area contributed by atoms with E-state index in [0.717, 1.165) is 24.8 Å². The molecule has 1 aliphatic carbocycles. The summed E-state index contributed by atoms with van der Waals surface area (Å²) in [5, 5.41) is 11.0. The van der Waals surface area contributed by atoms with Crippen LogP contribution in [0.15, 0.2) is 18.3 Å². The number of nitrogens with two attached hydrogens (primary N) is 1. The maximum absolute atomic E-state index is 11.0. The van der Waals surface area contributed by atoms with E-state index in [1.807, 2.05) is 12.1 Å². The highest BCUT2D eigenvalue weighted by Gasteiger charge is 2.40. The van der Waals surface area contributed by atoms with E-state index >= 15 is 0 Å². The largest absolute Gasteiger partial charge is 0.389 e. The SMILES string of the molecule is CC(C)C1CCCCC1(O)Cc1cccnc1N. The molecule has 0 amide bonds. The first-order valence-electron chi connectivity index (χ1n) is 6.95. The number of anilines is 1. The van der Waals surface area contributed by atoms with Gasteiger partial charge in [-0.25, -0.2) is 4.98 Å². The van der Waals surface area contributed by atoms with Crippen LogP contribution in [0.4, 0.5) is 5.82 Å². The number of aromatic nitrogens is 1. The monoisotopic (exact) mass is 248 g/mol. The van der Waals surface area contributed by atoms with Gasteiger partial charge in [-0.3, -0.25) is 0 Å². The van der Waals surface area contributed by atoms with Crippen molar-refractivity contribution in [2.45, 2.75) is 51.6 Å². The van der Waals surface area contributed by atoms with Gasteiger partial charge in [0.05, 0.1) is 5.60 Å². The quantitative estimate of drug-likeness (QED) is 0.864. The van der Waals surface area contributed by atoms with Crippen molar-refractivity contribution in [2.75, 3.05) is 5.73 Å². The van der Waals surface area contributed by atoms with Gasteiger partial charge < -0.3 is 10.8 Å². The fraction of sp³-hybridized carbons (Fsp3) is 0.667. The van der Waals surface area contributed by atoms with Gasteiger partial charge in [0, 0.05) is 12.6 Å². The van der Waals surface area contributed by atoms with E-state index in [4.69, 9.17) is 5.73 Å². The first-order chi connectivity index (χ1) is 8.53. The molecular formula is C15H24N2O. The zero-order valence-corrected chi connectivity index (χ0v) is 11.4. The predicted octanol–water partition coefficient (Wildman–Crippen LogP) is 2.78. The van der Waals surface area contributed by atoms with E-state index in [2.05, 4.69) is 18.8 Å². The molecule has 3 nitrogen and oxygen atoms in total. The number of nitrogens with zero attached hydrogens (tertiary/aromatic N) is 1. The van der Waals surface area contributed by atoms with Crippen LogP contribution < -0.4 is 5.73 Å². The van der Waals surface area contributed by atoms with Gasteiger partial charge in [0.1, 0.15) is 5.82 Å². The van der Waals surface area contributed by atoms with Crippen LogP contribution in [0.3, 0.4) is 0 Å². The Hall–Kier alpha value is -1.09. The van der Waals surface area contributed by atoms with Crippen molar-refractivity contribution in [3.63, 3.8) is 0 Å². The smallest absolute Gasteiger partial charge is 0.126 e. The molecule has 2 unspecified atom stereocenters. The molecule has 1 aromatic rings. The lowest BCUT2D eigenvalue weighted by Gasteiger charge is -2.42. The maximum atomic E-state index is 11.0. The van der Waals surface area contributed by atoms with Crippen LogP contribution >= 0.6 is 0 Å². The summed E-state index contributed by atoms with van der Waals surface area (Å²) < 4.78 is 0. The lowest BCUT2D eigenvalue weighted by atomic mass is 9.68. The molecule has 100 valence electrons. The average Bonchev–Trinajstić information content (AvgIpc) is 2.32. The molecule has 1 saturated carbocycles. The molecule has 3 N–H and O–H groups in total. The Morgan fingerprint density at radius 2 is 2.28 bits per heavy atom. The number of aliphatic hydroxyl groups is 1. The highest BCUT2D eigenvalue weighted by Crippen LogP contribution is 2.40. The van der Waals surface area contributed by atoms with Crippen LogP contribution in [0.1, 0.15) is 45.1 Å². The average molecular weight is 248 g/mol. The molecule has 1 fully saturated rings. The van der Waals surface area contributed by atoms with Crippen molar-refractivity contribution in [2.24, 2.45) is 11.8 Å². The molecule has 0 aliphatic heterocycles. The molecule has 0 aromatic carbocycles. The molecule has 3 heteroatoms. The minimum atomic E-state index is -0.608. The second-order valence-electron chi connectivity index (χ2n) is 5.92. The van der Waals surface area contributed by atoms with Crippen LogP contribution in [-0.4, -0.2) is 15.7 Å². The van der Waals surface area contributed by atoms with Crippen molar-refractivity contribution in [3.05, 3.63) is 23.9 Å². The topological polar surface area (TPSA) is 59.1 Å². The minimum absolute atomic E-state index is 0.367. The molecule has 1 aromatic heterocycles. The normalized spacial score (nSPS) is 28.6. The summed E-state index contributed by atoms with van der Waals surface area (Å²) in [6.07, 6.45) is 6.67. The van der Waals surface area contributed by atoms with Crippen LogP contribution in [0, 0.1) is 11.8 Å². The molecule has 1 heterocycles. The predicted molar refractivity (Wildman–Crippen MR) is 74.1 cm³/mol. The standard InChI is InChI=1S/C15H24N2O/c1-11(2)13-7-3-4-8-15(13,18)10-12-6-5-9-17-14(12)16/h5-6,9,11,13,18H,3-4,7-8,10H2,1-2H3,(H2,16,17). The van der Waals surface area contributed by atoms with Crippen LogP contribution in [0.5, 0.6) is 0 Å². The van der Waals surface area contributed by atoms with Crippen LogP contribution in [0.2, 0.25) is 0 Å². The second-order valence-corrected chi connectivity index (χ2v) is 5.92. The van der Waals surface area contributed by atoms with Crippen LogP contribution in [0.25, 0.3) is 0 Å². The molecule has 1 aliphatic rings. The first kappa shape index (κ1) is 13.3. The fourth-order valence-corrected chi connectivity index (χ4v) is 3.35. The molecule has 2 rings (SSSR count). The number of nitrogen functional groups attached to an aromatic ring is 1. The molecule has 0 radical (unpaired) electrons. The Bertz CT molecular complexity index is 405. The first-order valence-corrected chi connectivity index (χ1v) is 6.95. The Balaban J connectivity index is 2.21. The van der Waals surface area contributed by atoms with Gasteiger partial charge in [0.25, 0.3) is 0 Å². The Labute approximate surface area is 109 Å². The molecule has 2 atom stereocenters. The summed E-state index contributed by atoms with van der Waals surface area (Å²) in [6, 6.07) is 3.87. The molecule has 0 spiro atoms. The minimum Gasteiger partial charge on any atom is -0.389 e. The fourth-order valence-electron chi connectivity index (χ4n) is 3.35. The van der Waals surface area contributed by atoms with Gasteiger partial charge in [-0.15, -0.1) is 0 Å². The summed E-state index contributed by atoms with van der Waals surface area (Å²) in [5.74, 6) is 1.43. The van der Waals surface area contributed by atoms with Gasteiger partial charge in [0.15, 0.2) is 0 Å². The van der Waals surface area contributed by atoms with E-state index in [1.54, 1.807) is 6.20 Å². The lowest BCUT2D eigenvalue weighted by Crippen LogP contribution is -2.45. The molecule has 0 bridgehead atoms. The number of hydrogen-bond acceptors (Lipinski definition) is 3. The van der Waals surface area contributed by atoms with E-state index in [1.165, 1.54) is 6.42 Å².